The summed E-state index contributed by atoms with van der Waals surface area (Å²) in [7, 11) is 0. The number of hydrogen-bond acceptors (Lipinski definition) is 2. The van der Waals surface area contributed by atoms with Gasteiger partial charge in [0.1, 0.15) is 5.82 Å². The summed E-state index contributed by atoms with van der Waals surface area (Å²) < 4.78 is 0. The average molecular weight is 323 g/mol. The molecule has 1 aromatic heterocycles. The summed E-state index contributed by atoms with van der Waals surface area (Å²) in [6, 6.07) is 5.48. The maximum Gasteiger partial charge on any atom is 0.254 e. The zero-order valence-corrected chi connectivity index (χ0v) is 13.1. The predicted molar refractivity (Wildman–Crippen MR) is 85.4 cm³/mol. The first kappa shape index (κ1) is 14.6. The lowest BCUT2D eigenvalue weighted by Crippen LogP contribution is -2.19. The second-order valence-electron chi connectivity index (χ2n) is 5.42. The maximum atomic E-state index is 12.2. The first-order valence-electron chi connectivity index (χ1n) is 7.18. The minimum atomic E-state index is 0.0111. The molecule has 0 saturated carbocycles. The van der Waals surface area contributed by atoms with Gasteiger partial charge in [-0.1, -0.05) is 35.7 Å². The van der Waals surface area contributed by atoms with Crippen LogP contribution in [-0.4, -0.2) is 9.97 Å². The van der Waals surface area contributed by atoms with Crippen LogP contribution in [0.2, 0.25) is 10.0 Å². The van der Waals surface area contributed by atoms with Crippen LogP contribution < -0.4 is 5.56 Å². The zero-order valence-electron chi connectivity index (χ0n) is 11.6. The second-order valence-corrected chi connectivity index (χ2v) is 6.24. The van der Waals surface area contributed by atoms with Crippen LogP contribution in [0, 0.1) is 0 Å². The highest BCUT2D eigenvalue weighted by atomic mass is 35.5. The predicted octanol–water partition coefficient (Wildman–Crippen LogP) is 3.94. The summed E-state index contributed by atoms with van der Waals surface area (Å²) in [5.74, 6) is 0.694. The van der Waals surface area contributed by atoms with Crippen LogP contribution >= 0.6 is 23.2 Å². The average Bonchev–Trinajstić information content (AvgIpc) is 2.69. The van der Waals surface area contributed by atoms with Crippen LogP contribution in [0.1, 0.15) is 41.9 Å². The Kier molecular flexibility index (Phi) is 4.32. The van der Waals surface area contributed by atoms with Gasteiger partial charge in [-0.2, -0.15) is 0 Å². The fourth-order valence-corrected chi connectivity index (χ4v) is 3.08. The summed E-state index contributed by atoms with van der Waals surface area (Å²) in [5, 5.41) is 1.05. The third-order valence-electron chi connectivity index (χ3n) is 3.85. The Labute approximate surface area is 133 Å². The molecule has 0 saturated heterocycles. The highest BCUT2D eigenvalue weighted by Gasteiger charge is 2.14. The van der Waals surface area contributed by atoms with Crippen LogP contribution in [0.5, 0.6) is 0 Å². The molecule has 110 valence electrons. The Morgan fingerprint density at radius 1 is 1.10 bits per heavy atom. The van der Waals surface area contributed by atoms with Gasteiger partial charge in [0.25, 0.3) is 5.56 Å². The van der Waals surface area contributed by atoms with Crippen molar-refractivity contribution < 1.29 is 0 Å². The Morgan fingerprint density at radius 3 is 2.71 bits per heavy atom. The second kappa shape index (κ2) is 6.20. The minimum Gasteiger partial charge on any atom is -0.310 e. The SMILES string of the molecule is O=c1[nH]c(Cc2ccc(Cl)c(Cl)c2)nc2c1CCCCC2. The molecule has 0 bridgehead atoms. The van der Waals surface area contributed by atoms with Gasteiger partial charge in [-0.25, -0.2) is 4.98 Å². The highest BCUT2D eigenvalue weighted by molar-refractivity contribution is 6.42. The minimum absolute atomic E-state index is 0.0111. The number of fused-ring (bicyclic) bond motifs is 1. The molecule has 1 aromatic carbocycles. The molecular formula is C16H16Cl2N2O. The molecule has 1 heterocycles. The fraction of sp³-hybridized carbons (Fsp3) is 0.375. The molecule has 0 unspecified atom stereocenters. The van der Waals surface area contributed by atoms with Crippen molar-refractivity contribution in [3.8, 4) is 0 Å². The van der Waals surface area contributed by atoms with Gasteiger partial charge in [0.05, 0.1) is 15.7 Å². The fourth-order valence-electron chi connectivity index (χ4n) is 2.76. The van der Waals surface area contributed by atoms with E-state index in [2.05, 4.69) is 9.97 Å². The smallest absolute Gasteiger partial charge is 0.254 e. The number of aryl methyl sites for hydroxylation is 1. The maximum absolute atomic E-state index is 12.2. The molecule has 3 nitrogen and oxygen atoms in total. The number of rotatable bonds is 2. The highest BCUT2D eigenvalue weighted by Crippen LogP contribution is 2.23. The van der Waals surface area contributed by atoms with Crippen molar-refractivity contribution in [1.82, 2.24) is 9.97 Å². The molecule has 1 aliphatic rings. The van der Waals surface area contributed by atoms with Gasteiger partial charge < -0.3 is 4.98 Å². The van der Waals surface area contributed by atoms with E-state index in [1.807, 2.05) is 12.1 Å². The summed E-state index contributed by atoms with van der Waals surface area (Å²) in [4.78, 5) is 19.8. The molecule has 0 fully saturated rings. The molecule has 1 aliphatic carbocycles. The van der Waals surface area contributed by atoms with Crippen LogP contribution in [-0.2, 0) is 19.3 Å². The largest absolute Gasteiger partial charge is 0.310 e. The molecule has 0 aliphatic heterocycles. The molecule has 21 heavy (non-hydrogen) atoms. The number of aromatic nitrogens is 2. The van der Waals surface area contributed by atoms with Crippen molar-refractivity contribution in [1.29, 1.82) is 0 Å². The normalized spacial score (nSPS) is 14.6. The van der Waals surface area contributed by atoms with Crippen LogP contribution in [0.25, 0.3) is 0 Å². The summed E-state index contributed by atoms with van der Waals surface area (Å²) in [5.41, 5.74) is 2.83. The number of benzene rings is 1. The molecule has 2 aromatic rings. The standard InChI is InChI=1S/C16H16Cl2N2O/c17-12-7-6-10(8-13(12)18)9-15-19-14-5-3-1-2-4-11(14)16(21)20-15/h6-8H,1-5,9H2,(H,19,20,21). The van der Waals surface area contributed by atoms with Crippen molar-refractivity contribution in [2.45, 2.75) is 38.5 Å². The molecule has 5 heteroatoms. The number of nitrogens with one attached hydrogen (secondary N) is 1. The Bertz CT molecular complexity index is 725. The van der Waals surface area contributed by atoms with Gasteiger partial charge >= 0.3 is 0 Å². The number of aromatic amines is 1. The summed E-state index contributed by atoms with van der Waals surface area (Å²) >= 11 is 11.9. The molecule has 3 rings (SSSR count). The third kappa shape index (κ3) is 3.30. The zero-order chi connectivity index (χ0) is 14.8. The topological polar surface area (TPSA) is 45.8 Å². The number of halogens is 2. The number of nitrogens with zero attached hydrogens (tertiary/aromatic N) is 1. The van der Waals surface area contributed by atoms with E-state index in [0.717, 1.165) is 48.9 Å². The Balaban J connectivity index is 1.92. The molecule has 0 spiro atoms. The first-order valence-corrected chi connectivity index (χ1v) is 7.94. The lowest BCUT2D eigenvalue weighted by atomic mass is 10.1. The van der Waals surface area contributed by atoms with Gasteiger partial charge in [-0.15, -0.1) is 0 Å². The van der Waals surface area contributed by atoms with E-state index in [0.29, 0.717) is 22.3 Å². The molecule has 1 N–H and O–H groups in total. The van der Waals surface area contributed by atoms with Crippen molar-refractivity contribution in [3.63, 3.8) is 0 Å². The van der Waals surface area contributed by atoms with Gasteiger partial charge in [0.2, 0.25) is 0 Å². The molecular weight excluding hydrogens is 307 g/mol. The lowest BCUT2D eigenvalue weighted by Gasteiger charge is -2.08. The molecule has 0 radical (unpaired) electrons. The van der Waals surface area contributed by atoms with Crippen LogP contribution in [0.15, 0.2) is 23.0 Å². The monoisotopic (exact) mass is 322 g/mol. The van der Waals surface area contributed by atoms with Crippen molar-refractivity contribution in [2.24, 2.45) is 0 Å². The summed E-state index contributed by atoms with van der Waals surface area (Å²) in [6.07, 6.45) is 5.63. The first-order chi connectivity index (χ1) is 10.1. The van der Waals surface area contributed by atoms with E-state index >= 15 is 0 Å². The quantitative estimate of drug-likeness (QED) is 0.851. The van der Waals surface area contributed by atoms with Gasteiger partial charge in [-0.05, 0) is 43.4 Å². The van der Waals surface area contributed by atoms with E-state index < -0.39 is 0 Å². The van der Waals surface area contributed by atoms with Gasteiger partial charge in [0, 0.05) is 12.0 Å². The van der Waals surface area contributed by atoms with Crippen LogP contribution in [0.3, 0.4) is 0 Å². The molecule has 0 atom stereocenters. The van der Waals surface area contributed by atoms with E-state index in [1.54, 1.807) is 6.07 Å². The number of hydrogen-bond donors (Lipinski definition) is 1. The van der Waals surface area contributed by atoms with Crippen molar-refractivity contribution in [2.75, 3.05) is 0 Å². The van der Waals surface area contributed by atoms with E-state index in [1.165, 1.54) is 0 Å². The lowest BCUT2D eigenvalue weighted by molar-refractivity contribution is 0.708. The van der Waals surface area contributed by atoms with E-state index in [4.69, 9.17) is 23.2 Å². The molecule has 0 amide bonds. The number of H-pyrrole nitrogens is 1. The van der Waals surface area contributed by atoms with Crippen LogP contribution in [0.4, 0.5) is 0 Å². The third-order valence-corrected chi connectivity index (χ3v) is 4.59. The van der Waals surface area contributed by atoms with Crippen molar-refractivity contribution in [3.05, 3.63) is 61.2 Å². The van der Waals surface area contributed by atoms with Gasteiger partial charge in [0.15, 0.2) is 0 Å². The Morgan fingerprint density at radius 2 is 1.90 bits per heavy atom. The van der Waals surface area contributed by atoms with Gasteiger partial charge in [-0.3, -0.25) is 4.79 Å². The van der Waals surface area contributed by atoms with E-state index in [-0.39, 0.29) is 5.56 Å². The van der Waals surface area contributed by atoms with Crippen molar-refractivity contribution >= 4 is 23.2 Å². The Hall–Kier alpha value is -1.32. The van der Waals surface area contributed by atoms with E-state index in [9.17, 15) is 4.79 Å². The summed E-state index contributed by atoms with van der Waals surface area (Å²) in [6.45, 7) is 0.